The van der Waals surface area contributed by atoms with E-state index in [0.717, 1.165) is 16.6 Å². The predicted octanol–water partition coefficient (Wildman–Crippen LogP) is 2.52. The number of carbonyl (C=O) groups is 2. The Balaban J connectivity index is 1.80. The first-order chi connectivity index (χ1) is 11.0. The maximum absolute atomic E-state index is 12.7. The fourth-order valence-corrected chi connectivity index (χ4v) is 3.53. The smallest absolute Gasteiger partial charge is 0.308 e. The van der Waals surface area contributed by atoms with Crippen LogP contribution < -0.4 is 0 Å². The molecule has 1 N–H and O–H groups in total. The summed E-state index contributed by atoms with van der Waals surface area (Å²) in [5, 5.41) is 10.4. The third-order valence-corrected chi connectivity index (χ3v) is 4.67. The number of hydrogen-bond donors (Lipinski definition) is 1. The van der Waals surface area contributed by atoms with E-state index in [0.29, 0.717) is 19.5 Å². The van der Waals surface area contributed by atoms with Crippen molar-refractivity contribution < 1.29 is 14.7 Å². The highest BCUT2D eigenvalue weighted by atomic mass is 16.4. The van der Waals surface area contributed by atoms with Gasteiger partial charge in [-0.05, 0) is 36.8 Å². The molecule has 2 aromatic rings. The highest BCUT2D eigenvalue weighted by molar-refractivity contribution is 5.84. The Labute approximate surface area is 135 Å². The molecule has 1 saturated heterocycles. The number of rotatable bonds is 3. The molecule has 2 unspecified atom stereocenters. The molecule has 2 heterocycles. The van der Waals surface area contributed by atoms with E-state index < -0.39 is 11.9 Å². The summed E-state index contributed by atoms with van der Waals surface area (Å²) in [5.41, 5.74) is 2.08. The molecule has 0 aliphatic carbocycles. The third-order valence-electron chi connectivity index (χ3n) is 4.67. The van der Waals surface area contributed by atoms with Gasteiger partial charge in [0.25, 0.3) is 0 Å². The van der Waals surface area contributed by atoms with Gasteiger partial charge in [-0.1, -0.05) is 25.1 Å². The van der Waals surface area contributed by atoms with Gasteiger partial charge >= 0.3 is 5.97 Å². The SMILES string of the molecule is Cc1cc2ccccc2n1CC(=O)N1CC(C)CC(C(=O)O)C1. The van der Waals surface area contributed by atoms with Gasteiger partial charge in [0.05, 0.1) is 5.92 Å². The number of fused-ring (bicyclic) bond motifs is 1. The Bertz CT molecular complexity index is 750. The molecule has 1 aromatic heterocycles. The number of aliphatic carboxylic acids is 1. The van der Waals surface area contributed by atoms with Crippen LogP contribution in [-0.2, 0) is 16.1 Å². The quantitative estimate of drug-likeness (QED) is 0.947. The molecule has 1 fully saturated rings. The van der Waals surface area contributed by atoms with Crippen LogP contribution in [0.3, 0.4) is 0 Å². The summed E-state index contributed by atoms with van der Waals surface area (Å²) in [7, 11) is 0. The zero-order valence-electron chi connectivity index (χ0n) is 13.5. The summed E-state index contributed by atoms with van der Waals surface area (Å²) >= 11 is 0. The van der Waals surface area contributed by atoms with Crippen LogP contribution in [0.5, 0.6) is 0 Å². The second-order valence-corrected chi connectivity index (χ2v) is 6.61. The van der Waals surface area contributed by atoms with E-state index in [-0.39, 0.29) is 18.4 Å². The van der Waals surface area contributed by atoms with Crippen LogP contribution in [0.1, 0.15) is 19.0 Å². The Kier molecular flexibility index (Phi) is 4.11. The van der Waals surface area contributed by atoms with Crippen molar-refractivity contribution in [2.45, 2.75) is 26.8 Å². The number of piperidine rings is 1. The van der Waals surface area contributed by atoms with Crippen LogP contribution in [0.25, 0.3) is 10.9 Å². The number of nitrogens with zero attached hydrogens (tertiary/aromatic N) is 2. The number of carbonyl (C=O) groups excluding carboxylic acids is 1. The summed E-state index contributed by atoms with van der Waals surface area (Å²) < 4.78 is 2.01. The van der Waals surface area contributed by atoms with Crippen molar-refractivity contribution in [2.24, 2.45) is 11.8 Å². The summed E-state index contributed by atoms with van der Waals surface area (Å²) in [5.74, 6) is -1.05. The van der Waals surface area contributed by atoms with Crippen LogP contribution in [0.4, 0.5) is 0 Å². The van der Waals surface area contributed by atoms with Crippen LogP contribution >= 0.6 is 0 Å². The van der Waals surface area contributed by atoms with Gasteiger partial charge in [-0.25, -0.2) is 0 Å². The lowest BCUT2D eigenvalue weighted by Crippen LogP contribution is -2.46. The first-order valence-electron chi connectivity index (χ1n) is 8.01. The van der Waals surface area contributed by atoms with Crippen molar-refractivity contribution in [1.82, 2.24) is 9.47 Å². The number of likely N-dealkylation sites (tertiary alicyclic amines) is 1. The van der Waals surface area contributed by atoms with Crippen molar-refractivity contribution >= 4 is 22.8 Å². The molecular weight excluding hydrogens is 292 g/mol. The largest absolute Gasteiger partial charge is 0.481 e. The molecule has 2 atom stereocenters. The average molecular weight is 314 g/mol. The number of carboxylic acids is 1. The van der Waals surface area contributed by atoms with Crippen LogP contribution in [0, 0.1) is 18.8 Å². The minimum atomic E-state index is -0.808. The minimum Gasteiger partial charge on any atom is -0.481 e. The molecule has 5 heteroatoms. The van der Waals surface area contributed by atoms with E-state index in [2.05, 4.69) is 6.07 Å². The van der Waals surface area contributed by atoms with E-state index in [1.54, 1.807) is 4.90 Å². The number of aryl methyl sites for hydroxylation is 1. The first kappa shape index (κ1) is 15.6. The Morgan fingerprint density at radius 3 is 2.74 bits per heavy atom. The second kappa shape index (κ2) is 6.07. The summed E-state index contributed by atoms with van der Waals surface area (Å²) in [6.45, 7) is 5.22. The molecule has 1 aliphatic rings. The minimum absolute atomic E-state index is 0.00717. The molecule has 1 amide bonds. The van der Waals surface area contributed by atoms with Gasteiger partial charge in [-0.3, -0.25) is 9.59 Å². The van der Waals surface area contributed by atoms with E-state index >= 15 is 0 Å². The topological polar surface area (TPSA) is 62.5 Å². The van der Waals surface area contributed by atoms with Gasteiger partial charge in [0, 0.05) is 24.3 Å². The Hall–Kier alpha value is -2.30. The van der Waals surface area contributed by atoms with E-state index in [1.165, 1.54) is 0 Å². The van der Waals surface area contributed by atoms with Crippen molar-refractivity contribution in [3.8, 4) is 0 Å². The highest BCUT2D eigenvalue weighted by Gasteiger charge is 2.32. The van der Waals surface area contributed by atoms with Gasteiger partial charge in [-0.15, -0.1) is 0 Å². The number of para-hydroxylation sites is 1. The van der Waals surface area contributed by atoms with E-state index in [1.807, 2.05) is 42.7 Å². The molecule has 1 aliphatic heterocycles. The summed E-state index contributed by atoms with van der Waals surface area (Å²) in [6.07, 6.45) is 0.643. The molecule has 0 bridgehead atoms. The normalized spacial score (nSPS) is 21.6. The van der Waals surface area contributed by atoms with Gasteiger partial charge in [0.1, 0.15) is 6.54 Å². The van der Waals surface area contributed by atoms with Crippen LogP contribution in [0.15, 0.2) is 30.3 Å². The molecule has 5 nitrogen and oxygen atoms in total. The maximum atomic E-state index is 12.7. The van der Waals surface area contributed by atoms with Crippen molar-refractivity contribution in [2.75, 3.05) is 13.1 Å². The standard InChI is InChI=1S/C18H22N2O3/c1-12-7-15(18(22)23)10-19(9-12)17(21)11-20-13(2)8-14-5-3-4-6-16(14)20/h3-6,8,12,15H,7,9-11H2,1-2H3,(H,22,23). The molecular formula is C18H22N2O3. The molecule has 0 saturated carbocycles. The molecule has 0 radical (unpaired) electrons. The van der Waals surface area contributed by atoms with Crippen molar-refractivity contribution in [3.05, 3.63) is 36.0 Å². The number of amides is 1. The van der Waals surface area contributed by atoms with Crippen molar-refractivity contribution in [3.63, 3.8) is 0 Å². The van der Waals surface area contributed by atoms with E-state index in [9.17, 15) is 14.7 Å². The Morgan fingerprint density at radius 2 is 2.00 bits per heavy atom. The lowest BCUT2D eigenvalue weighted by molar-refractivity contribution is -0.147. The van der Waals surface area contributed by atoms with Gasteiger partial charge in [0.15, 0.2) is 0 Å². The lowest BCUT2D eigenvalue weighted by atomic mass is 9.90. The fraction of sp³-hybridized carbons (Fsp3) is 0.444. The zero-order valence-corrected chi connectivity index (χ0v) is 13.5. The third kappa shape index (κ3) is 3.09. The predicted molar refractivity (Wildman–Crippen MR) is 88.2 cm³/mol. The van der Waals surface area contributed by atoms with Crippen LogP contribution in [-0.4, -0.2) is 39.5 Å². The number of aromatic nitrogens is 1. The monoisotopic (exact) mass is 314 g/mol. The number of carboxylic acid groups (broad SMARTS) is 1. The fourth-order valence-electron chi connectivity index (χ4n) is 3.53. The highest BCUT2D eigenvalue weighted by Crippen LogP contribution is 2.23. The summed E-state index contributed by atoms with van der Waals surface area (Å²) in [4.78, 5) is 25.7. The second-order valence-electron chi connectivity index (χ2n) is 6.61. The van der Waals surface area contributed by atoms with Crippen molar-refractivity contribution in [1.29, 1.82) is 0 Å². The summed E-state index contributed by atoms with van der Waals surface area (Å²) in [6, 6.07) is 10.1. The molecule has 0 spiro atoms. The first-order valence-corrected chi connectivity index (χ1v) is 8.01. The van der Waals surface area contributed by atoms with Gasteiger partial charge in [0.2, 0.25) is 5.91 Å². The number of hydrogen-bond acceptors (Lipinski definition) is 2. The molecule has 1 aromatic carbocycles. The molecule has 122 valence electrons. The van der Waals surface area contributed by atoms with Crippen LogP contribution in [0.2, 0.25) is 0 Å². The molecule has 3 rings (SSSR count). The zero-order chi connectivity index (χ0) is 16.6. The maximum Gasteiger partial charge on any atom is 0.308 e. The lowest BCUT2D eigenvalue weighted by Gasteiger charge is -2.35. The van der Waals surface area contributed by atoms with E-state index in [4.69, 9.17) is 0 Å². The van der Waals surface area contributed by atoms with Gasteiger partial charge < -0.3 is 14.6 Å². The average Bonchev–Trinajstić information content (AvgIpc) is 2.82. The molecule has 23 heavy (non-hydrogen) atoms. The van der Waals surface area contributed by atoms with Gasteiger partial charge in [-0.2, -0.15) is 0 Å². The number of benzene rings is 1. The Morgan fingerprint density at radius 1 is 1.26 bits per heavy atom.